The van der Waals surface area contributed by atoms with Crippen molar-refractivity contribution in [3.05, 3.63) is 158 Å². The van der Waals surface area contributed by atoms with Crippen molar-refractivity contribution in [1.82, 2.24) is 25.4 Å². The summed E-state index contributed by atoms with van der Waals surface area (Å²) in [7, 11) is 0. The van der Waals surface area contributed by atoms with Crippen LogP contribution in [0.2, 0.25) is 0 Å². The van der Waals surface area contributed by atoms with E-state index in [2.05, 4.69) is 20.5 Å². The Morgan fingerprint density at radius 3 is 1.54 bits per heavy atom. The van der Waals surface area contributed by atoms with Crippen molar-refractivity contribution in [2.24, 2.45) is 0 Å². The Hall–Kier alpha value is -5.26. The second kappa shape index (κ2) is 20.1. The van der Waals surface area contributed by atoms with E-state index in [1.54, 1.807) is 30.3 Å². The first kappa shape index (κ1) is 49.2. The predicted octanol–water partition coefficient (Wildman–Crippen LogP) is 10.3. The van der Waals surface area contributed by atoms with E-state index in [1.807, 2.05) is 35.2 Å². The number of nitrogens with one attached hydrogen (secondary N) is 3. The number of nitrogens with zero attached hydrogens (tertiary/aromatic N) is 2. The maximum atomic E-state index is 13.3. The van der Waals surface area contributed by atoms with Gasteiger partial charge in [-0.1, -0.05) is 60.7 Å². The third-order valence-corrected chi connectivity index (χ3v) is 10.4. The molecular formula is C43H41F12N5O5. The average Bonchev–Trinajstić information content (AvgIpc) is 3.67. The van der Waals surface area contributed by atoms with Gasteiger partial charge in [0.1, 0.15) is 5.82 Å². The standard InChI is InChI=1S/C23H22F6N4O3.C20H19F6NO2/c1-13(15-9-16(22(24,25)26)11-17(10-15)23(27,28)29)36-20-19(14-5-3-2-4-6-14)33(7-8-35-20)12-18-30-21(34)32-31-18;1-12(14-9-15(19(21,22)23)11-16(10-14)20(24,25)26)29-18-17(27-7-8-28-18)13-5-3-2-4-6-13/h2-6,9-11,13,19-20H,7-8,12H2,1H3,(H2,30,31,32,34);2-6,9-12,17-18,27H,7-8H2,1H3/t13-,19-,20-;12-,17+,18+/m10/s1. The van der Waals surface area contributed by atoms with E-state index in [9.17, 15) is 57.5 Å². The van der Waals surface area contributed by atoms with E-state index in [1.165, 1.54) is 13.8 Å². The fourth-order valence-electron chi connectivity index (χ4n) is 7.19. The van der Waals surface area contributed by atoms with E-state index in [0.717, 1.165) is 11.1 Å². The molecule has 2 aliphatic rings. The number of hydrogen-bond donors (Lipinski definition) is 3. The molecule has 0 radical (unpaired) electrons. The Morgan fingerprint density at radius 2 is 1.09 bits per heavy atom. The highest BCUT2D eigenvalue weighted by molar-refractivity contribution is 5.36. The Labute approximate surface area is 362 Å². The summed E-state index contributed by atoms with van der Waals surface area (Å²) in [5.41, 5.74) is -5.01. The predicted molar refractivity (Wildman–Crippen MR) is 207 cm³/mol. The average molecular weight is 936 g/mol. The zero-order valence-electron chi connectivity index (χ0n) is 34.2. The number of aromatic amines is 2. The van der Waals surface area contributed by atoms with Gasteiger partial charge in [-0.3, -0.25) is 9.88 Å². The van der Waals surface area contributed by atoms with E-state index in [-0.39, 0.29) is 36.4 Å². The summed E-state index contributed by atoms with van der Waals surface area (Å²) in [6.07, 6.45) is -23.9. The molecule has 10 nitrogen and oxygen atoms in total. The highest BCUT2D eigenvalue weighted by Crippen LogP contribution is 2.41. The second-order valence-corrected chi connectivity index (χ2v) is 15.0. The monoisotopic (exact) mass is 935 g/mol. The molecule has 22 heteroatoms. The SMILES string of the molecule is C[C@@H](O[C@H]1OCCN(Cc2n[nH]c(=O)[nH]2)[C@@H]1c1ccccc1)c1cc(C(F)(F)F)cc(C(F)(F)F)c1.C[C@H](O[C@H]1OCCN[C@@H]1c1ccccc1)c1cc(C(F)(F)F)cc(C(F)(F)F)c1. The van der Waals surface area contributed by atoms with Gasteiger partial charge in [0, 0.05) is 13.1 Å². The molecule has 1 aromatic heterocycles. The number of H-pyrrole nitrogens is 2. The van der Waals surface area contributed by atoms with Crippen molar-refractivity contribution < 1.29 is 71.6 Å². The number of ether oxygens (including phenoxy) is 4. The van der Waals surface area contributed by atoms with Crippen LogP contribution in [0.15, 0.2) is 102 Å². The van der Waals surface area contributed by atoms with Crippen LogP contribution in [-0.2, 0) is 50.2 Å². The van der Waals surface area contributed by atoms with Crippen molar-refractivity contribution in [1.29, 1.82) is 0 Å². The Morgan fingerprint density at radius 1 is 0.646 bits per heavy atom. The van der Waals surface area contributed by atoms with E-state index in [4.69, 9.17) is 18.9 Å². The first-order valence-corrected chi connectivity index (χ1v) is 19.8. The van der Waals surface area contributed by atoms with Gasteiger partial charge in [0.05, 0.1) is 66.3 Å². The Kier molecular flexibility index (Phi) is 15.2. The van der Waals surface area contributed by atoms with Gasteiger partial charge in [0.15, 0.2) is 12.6 Å². The largest absolute Gasteiger partial charge is 0.416 e. The van der Waals surface area contributed by atoms with Crippen LogP contribution >= 0.6 is 0 Å². The lowest BCUT2D eigenvalue weighted by molar-refractivity contribution is -0.231. The van der Waals surface area contributed by atoms with Gasteiger partial charge in [-0.2, -0.15) is 57.8 Å². The summed E-state index contributed by atoms with van der Waals surface area (Å²) in [4.78, 5) is 15.9. The van der Waals surface area contributed by atoms with Crippen LogP contribution < -0.4 is 11.0 Å². The number of aromatic nitrogens is 3. The van der Waals surface area contributed by atoms with Crippen molar-refractivity contribution in [2.45, 2.75) is 82.0 Å². The lowest BCUT2D eigenvalue weighted by atomic mass is 10.0. The zero-order chi connectivity index (χ0) is 47.3. The molecule has 0 bridgehead atoms. The van der Waals surface area contributed by atoms with Gasteiger partial charge >= 0.3 is 30.4 Å². The summed E-state index contributed by atoms with van der Waals surface area (Å²) >= 11 is 0. The maximum Gasteiger partial charge on any atom is 0.416 e. The van der Waals surface area contributed by atoms with E-state index < -0.39 is 89.5 Å². The molecule has 7 rings (SSSR count). The van der Waals surface area contributed by atoms with Gasteiger partial charge < -0.3 is 24.3 Å². The normalized spacial score (nSPS) is 21.0. The van der Waals surface area contributed by atoms with Crippen molar-refractivity contribution in [3.8, 4) is 0 Å². The van der Waals surface area contributed by atoms with Gasteiger partial charge in [-0.15, -0.1) is 0 Å². The van der Waals surface area contributed by atoms with Gasteiger partial charge in [0.2, 0.25) is 0 Å². The van der Waals surface area contributed by atoms with Crippen molar-refractivity contribution in [2.75, 3.05) is 26.3 Å². The molecule has 0 spiro atoms. The summed E-state index contributed by atoms with van der Waals surface area (Å²) < 4.78 is 182. The molecule has 2 saturated heterocycles. The van der Waals surface area contributed by atoms with Crippen LogP contribution in [0.25, 0.3) is 0 Å². The van der Waals surface area contributed by atoms with Crippen LogP contribution in [0.4, 0.5) is 52.7 Å². The third-order valence-electron chi connectivity index (χ3n) is 10.4. The number of alkyl halides is 12. The van der Waals surface area contributed by atoms with Crippen molar-refractivity contribution >= 4 is 0 Å². The zero-order valence-corrected chi connectivity index (χ0v) is 34.2. The smallest absolute Gasteiger partial charge is 0.349 e. The number of hydrogen-bond acceptors (Lipinski definition) is 8. The maximum absolute atomic E-state index is 13.3. The first-order chi connectivity index (χ1) is 30.5. The topological polar surface area (TPSA) is 114 Å². The molecule has 65 heavy (non-hydrogen) atoms. The molecule has 0 aliphatic carbocycles. The lowest BCUT2D eigenvalue weighted by Crippen LogP contribution is -2.46. The molecule has 6 atom stereocenters. The molecule has 0 unspecified atom stereocenters. The van der Waals surface area contributed by atoms with Crippen molar-refractivity contribution in [3.63, 3.8) is 0 Å². The minimum Gasteiger partial charge on any atom is -0.349 e. The molecule has 0 saturated carbocycles. The lowest BCUT2D eigenvalue weighted by Gasteiger charge is -2.41. The van der Waals surface area contributed by atoms with E-state index in [0.29, 0.717) is 49.8 Å². The van der Waals surface area contributed by atoms with E-state index >= 15 is 0 Å². The second-order valence-electron chi connectivity index (χ2n) is 15.0. The molecule has 4 aromatic carbocycles. The minimum atomic E-state index is -4.97. The Bertz CT molecular complexity index is 2310. The summed E-state index contributed by atoms with van der Waals surface area (Å²) in [5, 5.41) is 9.39. The highest BCUT2D eigenvalue weighted by atomic mass is 19.4. The minimum absolute atomic E-state index is 0.0759. The van der Waals surface area contributed by atoms with Crippen LogP contribution in [0.5, 0.6) is 0 Å². The fourth-order valence-corrected chi connectivity index (χ4v) is 7.19. The first-order valence-electron chi connectivity index (χ1n) is 19.8. The molecule has 0 amide bonds. The van der Waals surface area contributed by atoms with Crippen LogP contribution in [0, 0.1) is 0 Å². The molecule has 2 aliphatic heterocycles. The quantitative estimate of drug-likeness (QED) is 0.119. The number of rotatable bonds is 10. The fraction of sp³-hybridized carbons (Fsp3) is 0.395. The van der Waals surface area contributed by atoms with Gasteiger partial charge in [-0.25, -0.2) is 9.89 Å². The van der Waals surface area contributed by atoms with Crippen LogP contribution in [0.3, 0.4) is 0 Å². The summed E-state index contributed by atoms with van der Waals surface area (Å²) in [6, 6.07) is 19.9. The highest BCUT2D eigenvalue weighted by Gasteiger charge is 2.41. The number of halogens is 12. The van der Waals surface area contributed by atoms with Crippen LogP contribution in [0.1, 0.15) is 88.5 Å². The summed E-state index contributed by atoms with van der Waals surface area (Å²) in [6.45, 7) is 4.38. The molecular weight excluding hydrogens is 894 g/mol. The molecule has 3 heterocycles. The third kappa shape index (κ3) is 13.0. The Balaban J connectivity index is 0.000000221. The van der Waals surface area contributed by atoms with Gasteiger partial charge in [-0.05, 0) is 72.5 Å². The molecule has 2 fully saturated rings. The molecule has 5 aromatic rings. The summed E-state index contributed by atoms with van der Waals surface area (Å²) in [5.74, 6) is 0.349. The number of morpholine rings is 2. The van der Waals surface area contributed by atoms with Gasteiger partial charge in [0.25, 0.3) is 0 Å². The number of benzene rings is 4. The molecule has 3 N–H and O–H groups in total. The van der Waals surface area contributed by atoms with Crippen LogP contribution in [-0.4, -0.2) is 59.0 Å². The molecule has 352 valence electrons.